The van der Waals surface area contributed by atoms with Crippen LogP contribution in [0.3, 0.4) is 0 Å². The molecule has 3 nitrogen and oxygen atoms in total. The number of ether oxygens (including phenoxy) is 1. The molecule has 0 heterocycles. The molecule has 0 bridgehead atoms. The number of carbonyl (C=O) groups is 1. The van der Waals surface area contributed by atoms with Crippen LogP contribution in [-0.2, 0) is 9.53 Å². The molecule has 0 amide bonds. The summed E-state index contributed by atoms with van der Waals surface area (Å²) in [4.78, 5) is 11.2. The van der Waals surface area contributed by atoms with Crippen LogP contribution in [-0.4, -0.2) is 18.1 Å². The summed E-state index contributed by atoms with van der Waals surface area (Å²) in [6.45, 7) is 6.17. The number of esters is 1. The predicted molar refractivity (Wildman–Crippen MR) is 90.3 cm³/mol. The zero-order valence-corrected chi connectivity index (χ0v) is 14.6. The van der Waals surface area contributed by atoms with Crippen molar-refractivity contribution in [3.63, 3.8) is 0 Å². The number of unbranched alkanes of at least 4 members (excludes halogenated alkanes) is 10. The lowest BCUT2D eigenvalue weighted by molar-refractivity contribution is -0.155. The minimum absolute atomic E-state index is 0.0261. The third kappa shape index (κ3) is 14.1. The molecule has 0 rings (SSSR count). The highest BCUT2D eigenvalue weighted by atomic mass is 16.6. The van der Waals surface area contributed by atoms with Gasteiger partial charge in [0.15, 0.2) is 0 Å². The fourth-order valence-corrected chi connectivity index (χ4v) is 2.62. The quantitative estimate of drug-likeness (QED) is 0.364. The Balaban J connectivity index is 3.33. The van der Waals surface area contributed by atoms with Crippen LogP contribution in [0.2, 0.25) is 0 Å². The summed E-state index contributed by atoms with van der Waals surface area (Å²) in [6.07, 6.45) is 15.6. The maximum absolute atomic E-state index is 11.2. The lowest BCUT2D eigenvalue weighted by Crippen LogP contribution is -2.31. The van der Waals surface area contributed by atoms with Gasteiger partial charge in [0.05, 0.1) is 6.54 Å². The maximum atomic E-state index is 11.2. The molecule has 0 spiro atoms. The first-order valence-corrected chi connectivity index (χ1v) is 8.93. The topological polar surface area (TPSA) is 52.3 Å². The molecule has 2 N–H and O–H groups in total. The smallest absolute Gasteiger partial charge is 0.320 e. The summed E-state index contributed by atoms with van der Waals surface area (Å²) in [5, 5.41) is 0. The molecule has 0 atom stereocenters. The first-order valence-electron chi connectivity index (χ1n) is 8.93. The van der Waals surface area contributed by atoms with Crippen molar-refractivity contribution in [1.82, 2.24) is 0 Å². The average molecular weight is 299 g/mol. The molecule has 0 unspecified atom stereocenters. The van der Waals surface area contributed by atoms with Gasteiger partial charge in [-0.25, -0.2) is 0 Å². The van der Waals surface area contributed by atoms with Gasteiger partial charge in [-0.2, -0.15) is 0 Å². The minimum Gasteiger partial charge on any atom is -0.459 e. The van der Waals surface area contributed by atoms with E-state index < -0.39 is 0 Å². The summed E-state index contributed by atoms with van der Waals surface area (Å²) in [5.41, 5.74) is 4.90. The molecule has 0 aromatic carbocycles. The third-order valence-electron chi connectivity index (χ3n) is 3.94. The van der Waals surface area contributed by atoms with Crippen LogP contribution in [0.4, 0.5) is 0 Å². The van der Waals surface area contributed by atoms with E-state index in [2.05, 4.69) is 6.92 Å². The van der Waals surface area contributed by atoms with Gasteiger partial charge in [-0.05, 0) is 26.7 Å². The van der Waals surface area contributed by atoms with E-state index in [4.69, 9.17) is 10.5 Å². The van der Waals surface area contributed by atoms with Gasteiger partial charge in [-0.1, -0.05) is 71.1 Å². The van der Waals surface area contributed by atoms with E-state index in [9.17, 15) is 4.79 Å². The first kappa shape index (κ1) is 20.4. The second-order valence-corrected chi connectivity index (χ2v) is 6.72. The van der Waals surface area contributed by atoms with Crippen molar-refractivity contribution in [2.24, 2.45) is 5.73 Å². The molecule has 126 valence electrons. The fourth-order valence-electron chi connectivity index (χ4n) is 2.62. The Bertz CT molecular complexity index is 252. The van der Waals surface area contributed by atoms with Gasteiger partial charge in [0.2, 0.25) is 0 Å². The zero-order valence-electron chi connectivity index (χ0n) is 14.6. The molecule has 0 aromatic heterocycles. The molecule has 0 aliphatic rings. The monoisotopic (exact) mass is 299 g/mol. The van der Waals surface area contributed by atoms with E-state index in [-0.39, 0.29) is 18.1 Å². The first-order chi connectivity index (χ1) is 10.0. The van der Waals surface area contributed by atoms with Crippen LogP contribution < -0.4 is 5.73 Å². The highest BCUT2D eigenvalue weighted by Crippen LogP contribution is 2.19. The fraction of sp³-hybridized carbons (Fsp3) is 0.944. The van der Waals surface area contributed by atoms with Gasteiger partial charge in [-0.3, -0.25) is 4.79 Å². The Labute approximate surface area is 132 Å². The van der Waals surface area contributed by atoms with Gasteiger partial charge in [0.1, 0.15) is 5.60 Å². The van der Waals surface area contributed by atoms with E-state index >= 15 is 0 Å². The summed E-state index contributed by atoms with van der Waals surface area (Å²) in [5.74, 6) is -0.303. The Morgan fingerprint density at radius 2 is 1.29 bits per heavy atom. The molecule has 0 saturated heterocycles. The summed E-state index contributed by atoms with van der Waals surface area (Å²) < 4.78 is 5.31. The lowest BCUT2D eigenvalue weighted by atomic mass is 9.99. The Kier molecular flexibility index (Phi) is 12.8. The van der Waals surface area contributed by atoms with E-state index in [1.54, 1.807) is 0 Å². The minimum atomic E-state index is -0.365. The Morgan fingerprint density at radius 3 is 1.71 bits per heavy atom. The number of hydrogen-bond acceptors (Lipinski definition) is 3. The van der Waals surface area contributed by atoms with Gasteiger partial charge >= 0.3 is 5.97 Å². The molecular weight excluding hydrogens is 262 g/mol. The summed E-state index contributed by atoms with van der Waals surface area (Å²) in [7, 11) is 0. The van der Waals surface area contributed by atoms with Crippen LogP contribution in [0, 0.1) is 0 Å². The molecular formula is C18H37NO2. The van der Waals surface area contributed by atoms with Crippen LogP contribution >= 0.6 is 0 Å². The Hall–Kier alpha value is -0.570. The van der Waals surface area contributed by atoms with Crippen molar-refractivity contribution in [1.29, 1.82) is 0 Å². The van der Waals surface area contributed by atoms with Crippen LogP contribution in [0.15, 0.2) is 0 Å². The number of rotatable bonds is 14. The average Bonchev–Trinajstić information content (AvgIpc) is 2.44. The Morgan fingerprint density at radius 1 is 0.857 bits per heavy atom. The van der Waals surface area contributed by atoms with Crippen molar-refractivity contribution in [2.45, 2.75) is 103 Å². The molecule has 0 aliphatic carbocycles. The van der Waals surface area contributed by atoms with Crippen LogP contribution in [0.25, 0.3) is 0 Å². The van der Waals surface area contributed by atoms with E-state index in [1.165, 1.54) is 64.2 Å². The van der Waals surface area contributed by atoms with Crippen LogP contribution in [0.1, 0.15) is 97.8 Å². The highest BCUT2D eigenvalue weighted by molar-refractivity contribution is 5.71. The molecule has 3 heteroatoms. The van der Waals surface area contributed by atoms with Gasteiger partial charge < -0.3 is 10.5 Å². The normalized spacial score (nSPS) is 11.6. The van der Waals surface area contributed by atoms with Gasteiger partial charge in [0, 0.05) is 0 Å². The van der Waals surface area contributed by atoms with Crippen molar-refractivity contribution in [2.75, 3.05) is 6.54 Å². The van der Waals surface area contributed by atoms with E-state index in [1.807, 2.05) is 13.8 Å². The lowest BCUT2D eigenvalue weighted by Gasteiger charge is -2.24. The van der Waals surface area contributed by atoms with Gasteiger partial charge in [-0.15, -0.1) is 0 Å². The van der Waals surface area contributed by atoms with Crippen molar-refractivity contribution in [3.05, 3.63) is 0 Å². The largest absolute Gasteiger partial charge is 0.459 e. The summed E-state index contributed by atoms with van der Waals surface area (Å²) in [6, 6.07) is 0. The van der Waals surface area contributed by atoms with Crippen molar-refractivity contribution >= 4 is 5.97 Å². The van der Waals surface area contributed by atoms with Gasteiger partial charge in [0.25, 0.3) is 0 Å². The number of hydrogen-bond donors (Lipinski definition) is 1. The maximum Gasteiger partial charge on any atom is 0.320 e. The molecule has 21 heavy (non-hydrogen) atoms. The second-order valence-electron chi connectivity index (χ2n) is 6.72. The number of nitrogens with two attached hydrogens (primary N) is 1. The molecule has 0 saturated carbocycles. The van der Waals surface area contributed by atoms with Crippen molar-refractivity contribution in [3.8, 4) is 0 Å². The second kappa shape index (κ2) is 13.1. The zero-order chi connectivity index (χ0) is 16.0. The van der Waals surface area contributed by atoms with Crippen molar-refractivity contribution < 1.29 is 9.53 Å². The SMILES string of the molecule is CCCCCCCCCCCCCC(C)(C)OC(=O)CN. The predicted octanol–water partition coefficient (Wildman–Crippen LogP) is 4.97. The molecule has 0 aromatic rings. The highest BCUT2D eigenvalue weighted by Gasteiger charge is 2.21. The number of carbonyl (C=O) groups excluding carboxylic acids is 1. The third-order valence-corrected chi connectivity index (χ3v) is 3.94. The van der Waals surface area contributed by atoms with E-state index in [0.717, 1.165) is 12.8 Å². The standard InChI is InChI=1S/C18H37NO2/c1-4-5-6-7-8-9-10-11-12-13-14-15-18(2,3)21-17(20)16-19/h4-16,19H2,1-3H3. The molecule has 0 radical (unpaired) electrons. The molecule has 0 aliphatic heterocycles. The van der Waals surface area contributed by atoms with E-state index in [0.29, 0.717) is 0 Å². The van der Waals surface area contributed by atoms with Crippen LogP contribution in [0.5, 0.6) is 0 Å². The summed E-state index contributed by atoms with van der Waals surface area (Å²) >= 11 is 0. The molecule has 0 fully saturated rings.